The van der Waals surface area contributed by atoms with Crippen LogP contribution in [0.25, 0.3) is 0 Å². The first-order chi connectivity index (χ1) is 9.54. The van der Waals surface area contributed by atoms with Crippen molar-refractivity contribution in [1.29, 1.82) is 0 Å². The molecule has 112 valence electrons. The molecule has 2 unspecified atom stereocenters. The van der Waals surface area contributed by atoms with Crippen molar-refractivity contribution in [2.75, 3.05) is 40.3 Å². The van der Waals surface area contributed by atoms with E-state index in [0.717, 1.165) is 31.8 Å². The second-order valence-electron chi connectivity index (χ2n) is 5.60. The van der Waals surface area contributed by atoms with Gasteiger partial charge in [-0.15, -0.1) is 0 Å². The van der Waals surface area contributed by atoms with Gasteiger partial charge in [0.25, 0.3) is 0 Å². The minimum absolute atomic E-state index is 0.213. The van der Waals surface area contributed by atoms with Gasteiger partial charge < -0.3 is 14.7 Å². The lowest BCUT2D eigenvalue weighted by Gasteiger charge is -2.26. The van der Waals surface area contributed by atoms with Gasteiger partial charge in [0.2, 0.25) is 0 Å². The molecule has 1 aliphatic heterocycles. The van der Waals surface area contributed by atoms with Crippen LogP contribution < -0.4 is 4.74 Å². The fourth-order valence-electron chi connectivity index (χ4n) is 2.65. The lowest BCUT2D eigenvalue weighted by atomic mass is 10.2. The highest BCUT2D eigenvalue weighted by molar-refractivity contribution is 6.30. The molecule has 1 N–H and O–H groups in total. The van der Waals surface area contributed by atoms with Crippen LogP contribution >= 0.6 is 11.6 Å². The molecule has 0 aromatic heterocycles. The lowest BCUT2D eigenvalue weighted by Crippen LogP contribution is -2.39. The van der Waals surface area contributed by atoms with Crippen LogP contribution in [0.4, 0.5) is 0 Å². The lowest BCUT2D eigenvalue weighted by molar-refractivity contribution is 0.155. The van der Waals surface area contributed by atoms with Crippen LogP contribution in [0.3, 0.4) is 0 Å². The molecule has 4 nitrogen and oxygen atoms in total. The third-order valence-electron chi connectivity index (χ3n) is 3.54. The fourth-order valence-corrected chi connectivity index (χ4v) is 2.78. The maximum atomic E-state index is 9.81. The number of likely N-dealkylation sites (tertiary alicyclic amines) is 1. The average Bonchev–Trinajstić information content (AvgIpc) is 2.71. The van der Waals surface area contributed by atoms with E-state index >= 15 is 0 Å². The largest absolute Gasteiger partial charge is 0.492 e. The summed E-state index contributed by atoms with van der Waals surface area (Å²) in [5.41, 5.74) is 0. The topological polar surface area (TPSA) is 35.9 Å². The van der Waals surface area contributed by atoms with E-state index < -0.39 is 0 Å². The van der Waals surface area contributed by atoms with Crippen molar-refractivity contribution < 1.29 is 9.84 Å². The number of aliphatic hydroxyl groups is 1. The van der Waals surface area contributed by atoms with Crippen LogP contribution in [-0.2, 0) is 0 Å². The highest BCUT2D eigenvalue weighted by atomic mass is 35.5. The maximum Gasteiger partial charge on any atom is 0.119 e. The van der Waals surface area contributed by atoms with Crippen molar-refractivity contribution in [2.45, 2.75) is 18.6 Å². The Morgan fingerprint density at radius 3 is 2.70 bits per heavy atom. The van der Waals surface area contributed by atoms with Gasteiger partial charge in [-0.3, -0.25) is 4.90 Å². The third kappa shape index (κ3) is 4.63. The average molecular weight is 299 g/mol. The molecule has 0 radical (unpaired) electrons. The summed E-state index contributed by atoms with van der Waals surface area (Å²) in [5, 5.41) is 10.5. The van der Waals surface area contributed by atoms with Gasteiger partial charge in [-0.05, 0) is 44.8 Å². The number of rotatable bonds is 6. The summed E-state index contributed by atoms with van der Waals surface area (Å²) in [6, 6.07) is 7.81. The Labute approximate surface area is 125 Å². The van der Waals surface area contributed by atoms with E-state index in [1.54, 1.807) is 0 Å². The normalized spacial score (nSPS) is 23.4. The molecule has 2 atom stereocenters. The summed E-state index contributed by atoms with van der Waals surface area (Å²) < 4.78 is 5.72. The molecular formula is C15H23ClN2O2. The Balaban J connectivity index is 1.78. The van der Waals surface area contributed by atoms with Gasteiger partial charge in [0.05, 0.1) is 6.10 Å². The molecule has 2 rings (SSSR count). The van der Waals surface area contributed by atoms with Gasteiger partial charge >= 0.3 is 0 Å². The first-order valence-corrected chi connectivity index (χ1v) is 7.37. The van der Waals surface area contributed by atoms with E-state index in [1.165, 1.54) is 0 Å². The molecule has 5 heteroatoms. The van der Waals surface area contributed by atoms with E-state index in [2.05, 4.69) is 23.9 Å². The third-order valence-corrected chi connectivity index (χ3v) is 3.79. The number of likely N-dealkylation sites (N-methyl/N-ethyl adjacent to an activating group) is 1. The summed E-state index contributed by atoms with van der Waals surface area (Å²) in [7, 11) is 4.13. The molecule has 1 saturated heterocycles. The van der Waals surface area contributed by atoms with E-state index in [9.17, 15) is 5.11 Å². The van der Waals surface area contributed by atoms with Crippen molar-refractivity contribution in [3.05, 3.63) is 29.3 Å². The summed E-state index contributed by atoms with van der Waals surface area (Å²) in [6.07, 6.45) is 0.634. The van der Waals surface area contributed by atoms with Crippen molar-refractivity contribution >= 4 is 11.6 Å². The highest BCUT2D eigenvalue weighted by Gasteiger charge is 2.30. The molecule has 1 heterocycles. The van der Waals surface area contributed by atoms with E-state index in [-0.39, 0.29) is 6.10 Å². The summed E-state index contributed by atoms with van der Waals surface area (Å²) >= 11 is 5.84. The van der Waals surface area contributed by atoms with Crippen molar-refractivity contribution in [1.82, 2.24) is 9.80 Å². The fraction of sp³-hybridized carbons (Fsp3) is 0.600. The second kappa shape index (κ2) is 7.27. The van der Waals surface area contributed by atoms with Crippen molar-refractivity contribution in [3.63, 3.8) is 0 Å². The molecule has 1 fully saturated rings. The number of benzene rings is 1. The second-order valence-corrected chi connectivity index (χ2v) is 6.04. The number of hydrogen-bond donors (Lipinski definition) is 1. The monoisotopic (exact) mass is 298 g/mol. The quantitative estimate of drug-likeness (QED) is 0.867. The van der Waals surface area contributed by atoms with Crippen LogP contribution in [-0.4, -0.2) is 67.4 Å². The first kappa shape index (κ1) is 15.6. The standard InChI is InChI=1S/C15H23ClN2O2/c1-17(2)10-13-9-14(19)11-18(13)7-8-20-15-5-3-12(16)4-6-15/h3-6,13-14,19H,7-11H2,1-2H3. The number of aliphatic hydroxyl groups excluding tert-OH is 1. The zero-order chi connectivity index (χ0) is 14.5. The molecule has 1 aromatic rings. The Morgan fingerprint density at radius 2 is 2.05 bits per heavy atom. The number of ether oxygens (including phenoxy) is 1. The molecule has 20 heavy (non-hydrogen) atoms. The van der Waals surface area contributed by atoms with Gasteiger partial charge in [0, 0.05) is 30.7 Å². The zero-order valence-corrected chi connectivity index (χ0v) is 12.9. The van der Waals surface area contributed by atoms with Gasteiger partial charge in [0.1, 0.15) is 12.4 Å². The predicted molar refractivity (Wildman–Crippen MR) is 81.5 cm³/mol. The predicted octanol–water partition coefficient (Wildman–Crippen LogP) is 1.72. The Kier molecular flexibility index (Phi) is 5.66. The van der Waals surface area contributed by atoms with E-state index in [1.807, 2.05) is 24.3 Å². The summed E-state index contributed by atoms with van der Waals surface area (Å²) in [6.45, 7) is 3.16. The molecule has 0 aliphatic carbocycles. The molecule has 0 spiro atoms. The number of β-amino-alcohol motifs (C(OH)–C–C–N with tert-alkyl or cyclic N) is 1. The van der Waals surface area contributed by atoms with Crippen LogP contribution in [0.2, 0.25) is 5.02 Å². The molecule has 1 aliphatic rings. The van der Waals surface area contributed by atoms with Crippen molar-refractivity contribution in [3.8, 4) is 5.75 Å². The molecular weight excluding hydrogens is 276 g/mol. The SMILES string of the molecule is CN(C)CC1CC(O)CN1CCOc1ccc(Cl)cc1. The van der Waals surface area contributed by atoms with Gasteiger partial charge in [-0.2, -0.15) is 0 Å². The maximum absolute atomic E-state index is 9.81. The Morgan fingerprint density at radius 1 is 1.35 bits per heavy atom. The summed E-state index contributed by atoms with van der Waals surface area (Å²) in [4.78, 5) is 4.47. The molecule has 0 amide bonds. The number of hydrogen-bond acceptors (Lipinski definition) is 4. The van der Waals surface area contributed by atoms with E-state index in [4.69, 9.17) is 16.3 Å². The number of halogens is 1. The van der Waals surface area contributed by atoms with E-state index in [0.29, 0.717) is 17.7 Å². The zero-order valence-electron chi connectivity index (χ0n) is 12.1. The highest BCUT2D eigenvalue weighted by Crippen LogP contribution is 2.19. The first-order valence-electron chi connectivity index (χ1n) is 7.00. The van der Waals surface area contributed by atoms with Crippen LogP contribution in [0.15, 0.2) is 24.3 Å². The minimum Gasteiger partial charge on any atom is -0.492 e. The number of nitrogens with zero attached hydrogens (tertiary/aromatic N) is 2. The molecule has 0 bridgehead atoms. The van der Waals surface area contributed by atoms with Gasteiger partial charge in [0.15, 0.2) is 0 Å². The van der Waals surface area contributed by atoms with Crippen LogP contribution in [0.1, 0.15) is 6.42 Å². The molecule has 0 saturated carbocycles. The van der Waals surface area contributed by atoms with Crippen LogP contribution in [0.5, 0.6) is 5.75 Å². The Bertz CT molecular complexity index is 411. The Hall–Kier alpha value is -0.810. The minimum atomic E-state index is -0.213. The molecule has 1 aromatic carbocycles. The van der Waals surface area contributed by atoms with Gasteiger partial charge in [-0.1, -0.05) is 11.6 Å². The summed E-state index contributed by atoms with van der Waals surface area (Å²) in [5.74, 6) is 0.832. The smallest absolute Gasteiger partial charge is 0.119 e. The van der Waals surface area contributed by atoms with Gasteiger partial charge in [-0.25, -0.2) is 0 Å². The van der Waals surface area contributed by atoms with Crippen molar-refractivity contribution in [2.24, 2.45) is 0 Å². The van der Waals surface area contributed by atoms with Crippen LogP contribution in [0, 0.1) is 0 Å².